The normalized spacial score (nSPS) is 12.4. The van der Waals surface area contributed by atoms with Crippen LogP contribution in [-0.4, -0.2) is 10.1 Å². The van der Waals surface area contributed by atoms with E-state index in [1.807, 2.05) is 6.07 Å². The summed E-state index contributed by atoms with van der Waals surface area (Å²) in [5.41, 5.74) is 1.55. The summed E-state index contributed by atoms with van der Waals surface area (Å²) in [6.07, 6.45) is 3.04. The highest BCUT2D eigenvalue weighted by Gasteiger charge is 2.12. The quantitative estimate of drug-likeness (QED) is 0.891. The fourth-order valence-corrected chi connectivity index (χ4v) is 2.41. The van der Waals surface area contributed by atoms with Crippen molar-refractivity contribution in [3.63, 3.8) is 0 Å². The predicted octanol–water partition coefficient (Wildman–Crippen LogP) is 4.43. The number of aromatic nitrogens is 1. The zero-order valence-electron chi connectivity index (χ0n) is 9.28. The van der Waals surface area contributed by atoms with Gasteiger partial charge in [0.25, 0.3) is 0 Å². The van der Waals surface area contributed by atoms with Crippen LogP contribution in [0.4, 0.5) is 0 Å². The molecular weight excluding hydrogens is 337 g/mol. The van der Waals surface area contributed by atoms with Gasteiger partial charge in [-0.25, -0.2) is 0 Å². The van der Waals surface area contributed by atoms with Gasteiger partial charge in [-0.15, -0.1) is 0 Å². The fraction of sp³-hybridized carbons (Fsp3) is 0.154. The fourth-order valence-electron chi connectivity index (χ4n) is 1.64. The molecule has 1 atom stereocenters. The lowest BCUT2D eigenvalue weighted by Crippen LogP contribution is -2.03. The summed E-state index contributed by atoms with van der Waals surface area (Å²) >= 11 is 15.3. The Balaban J connectivity index is 2.21. The van der Waals surface area contributed by atoms with Gasteiger partial charge in [-0.05, 0) is 45.8 Å². The zero-order chi connectivity index (χ0) is 13.1. The Kier molecular flexibility index (Phi) is 4.62. The molecule has 18 heavy (non-hydrogen) atoms. The van der Waals surface area contributed by atoms with Crippen LogP contribution in [0.5, 0.6) is 0 Å². The first kappa shape index (κ1) is 13.8. The topological polar surface area (TPSA) is 33.1 Å². The number of aliphatic hydroxyl groups is 1. The second-order valence-electron chi connectivity index (χ2n) is 3.89. The van der Waals surface area contributed by atoms with Gasteiger partial charge in [-0.3, -0.25) is 4.98 Å². The van der Waals surface area contributed by atoms with E-state index in [1.54, 1.807) is 30.6 Å². The molecule has 1 aromatic heterocycles. The Bertz CT molecular complexity index is 562. The van der Waals surface area contributed by atoms with Crippen molar-refractivity contribution < 1.29 is 5.11 Å². The third-order valence-electron chi connectivity index (χ3n) is 2.53. The molecule has 2 aromatic rings. The van der Waals surface area contributed by atoms with Crippen LogP contribution in [0, 0.1) is 0 Å². The molecule has 0 saturated heterocycles. The summed E-state index contributed by atoms with van der Waals surface area (Å²) < 4.78 is 0.830. The third-order valence-corrected chi connectivity index (χ3v) is 3.57. The van der Waals surface area contributed by atoms with Crippen LogP contribution in [0.15, 0.2) is 41.1 Å². The number of pyridine rings is 1. The van der Waals surface area contributed by atoms with Crippen LogP contribution < -0.4 is 0 Å². The smallest absolute Gasteiger partial charge is 0.0846 e. The van der Waals surface area contributed by atoms with Gasteiger partial charge in [-0.2, -0.15) is 0 Å². The van der Waals surface area contributed by atoms with E-state index in [-0.39, 0.29) is 0 Å². The minimum Gasteiger partial charge on any atom is -0.388 e. The molecule has 0 fully saturated rings. The van der Waals surface area contributed by atoms with Crippen molar-refractivity contribution in [3.8, 4) is 0 Å². The SMILES string of the molecule is OC(Cc1cc(Cl)ccc1Cl)c1cncc(Br)c1. The molecule has 0 aliphatic heterocycles. The first-order valence-corrected chi connectivity index (χ1v) is 6.83. The second kappa shape index (κ2) is 6.02. The molecule has 0 bridgehead atoms. The molecular formula is C13H10BrCl2NO. The van der Waals surface area contributed by atoms with Crippen molar-refractivity contribution in [2.24, 2.45) is 0 Å². The summed E-state index contributed by atoms with van der Waals surface area (Å²) in [6.45, 7) is 0. The molecule has 0 saturated carbocycles. The van der Waals surface area contributed by atoms with Gasteiger partial charge in [0.2, 0.25) is 0 Å². The van der Waals surface area contributed by atoms with Crippen LogP contribution in [0.2, 0.25) is 10.0 Å². The monoisotopic (exact) mass is 345 g/mol. The first-order chi connectivity index (χ1) is 8.56. The standard InChI is InChI=1S/C13H10BrCl2NO/c14-10-3-9(6-17-7-10)13(18)5-8-4-11(15)1-2-12(8)16/h1-4,6-7,13,18H,5H2. The molecule has 0 aliphatic carbocycles. The number of halogens is 3. The predicted molar refractivity (Wildman–Crippen MR) is 77.1 cm³/mol. The highest BCUT2D eigenvalue weighted by atomic mass is 79.9. The van der Waals surface area contributed by atoms with Crippen molar-refractivity contribution in [1.29, 1.82) is 0 Å². The van der Waals surface area contributed by atoms with E-state index < -0.39 is 6.10 Å². The highest BCUT2D eigenvalue weighted by molar-refractivity contribution is 9.10. The van der Waals surface area contributed by atoms with Crippen LogP contribution in [0.25, 0.3) is 0 Å². The lowest BCUT2D eigenvalue weighted by atomic mass is 10.0. The Morgan fingerprint density at radius 3 is 2.72 bits per heavy atom. The molecule has 1 N–H and O–H groups in total. The molecule has 2 rings (SSSR count). The molecule has 1 unspecified atom stereocenters. The van der Waals surface area contributed by atoms with Crippen LogP contribution in [0.3, 0.4) is 0 Å². The molecule has 5 heteroatoms. The van der Waals surface area contributed by atoms with Crippen LogP contribution >= 0.6 is 39.1 Å². The Morgan fingerprint density at radius 1 is 1.22 bits per heavy atom. The zero-order valence-corrected chi connectivity index (χ0v) is 12.4. The average molecular weight is 347 g/mol. The molecule has 1 heterocycles. The molecule has 1 aromatic carbocycles. The van der Waals surface area contributed by atoms with Gasteiger partial charge in [0.15, 0.2) is 0 Å². The van der Waals surface area contributed by atoms with Gasteiger partial charge in [0.05, 0.1) is 6.10 Å². The van der Waals surface area contributed by atoms with Gasteiger partial charge in [0, 0.05) is 38.9 Å². The molecule has 94 valence electrons. The summed E-state index contributed by atoms with van der Waals surface area (Å²) in [4.78, 5) is 4.02. The Hall–Kier alpha value is -0.610. The minimum absolute atomic E-state index is 0.400. The lowest BCUT2D eigenvalue weighted by molar-refractivity contribution is 0.178. The highest BCUT2D eigenvalue weighted by Crippen LogP contribution is 2.26. The van der Waals surface area contributed by atoms with E-state index in [9.17, 15) is 5.11 Å². The third kappa shape index (κ3) is 3.45. The largest absolute Gasteiger partial charge is 0.388 e. The van der Waals surface area contributed by atoms with E-state index in [1.165, 1.54) is 0 Å². The second-order valence-corrected chi connectivity index (χ2v) is 5.65. The maximum Gasteiger partial charge on any atom is 0.0846 e. The molecule has 0 aliphatic rings. The minimum atomic E-state index is -0.661. The first-order valence-electron chi connectivity index (χ1n) is 5.28. The molecule has 0 spiro atoms. The molecule has 2 nitrogen and oxygen atoms in total. The summed E-state index contributed by atoms with van der Waals surface area (Å²) in [5, 5.41) is 11.4. The van der Waals surface area contributed by atoms with Crippen LogP contribution in [0.1, 0.15) is 17.2 Å². The Labute approximate surface area is 124 Å². The van der Waals surface area contributed by atoms with Gasteiger partial charge in [0.1, 0.15) is 0 Å². The van der Waals surface area contributed by atoms with Crippen molar-refractivity contribution in [2.45, 2.75) is 12.5 Å². The number of hydrogen-bond donors (Lipinski definition) is 1. The van der Waals surface area contributed by atoms with Crippen molar-refractivity contribution in [3.05, 3.63) is 62.3 Å². The maximum absolute atomic E-state index is 10.2. The van der Waals surface area contributed by atoms with E-state index in [4.69, 9.17) is 23.2 Å². The van der Waals surface area contributed by atoms with Gasteiger partial charge < -0.3 is 5.11 Å². The number of aliphatic hydroxyl groups excluding tert-OH is 1. The Morgan fingerprint density at radius 2 is 2.00 bits per heavy atom. The summed E-state index contributed by atoms with van der Waals surface area (Å²) in [5.74, 6) is 0. The number of benzene rings is 1. The number of rotatable bonds is 3. The lowest BCUT2D eigenvalue weighted by Gasteiger charge is -2.12. The van der Waals surface area contributed by atoms with Gasteiger partial charge in [-0.1, -0.05) is 23.2 Å². The number of nitrogens with zero attached hydrogens (tertiary/aromatic N) is 1. The van der Waals surface area contributed by atoms with E-state index in [0.29, 0.717) is 16.5 Å². The van der Waals surface area contributed by atoms with Crippen molar-refractivity contribution in [1.82, 2.24) is 4.98 Å². The maximum atomic E-state index is 10.2. The average Bonchev–Trinajstić information content (AvgIpc) is 2.34. The van der Waals surface area contributed by atoms with Crippen molar-refractivity contribution in [2.75, 3.05) is 0 Å². The summed E-state index contributed by atoms with van der Waals surface area (Å²) in [6, 6.07) is 7.04. The molecule has 0 radical (unpaired) electrons. The van der Waals surface area contributed by atoms with E-state index in [2.05, 4.69) is 20.9 Å². The summed E-state index contributed by atoms with van der Waals surface area (Å²) in [7, 11) is 0. The number of hydrogen-bond acceptors (Lipinski definition) is 2. The van der Waals surface area contributed by atoms with Crippen molar-refractivity contribution >= 4 is 39.1 Å². The van der Waals surface area contributed by atoms with E-state index in [0.717, 1.165) is 15.6 Å². The van der Waals surface area contributed by atoms with Crippen LogP contribution in [-0.2, 0) is 6.42 Å². The van der Waals surface area contributed by atoms with Gasteiger partial charge >= 0.3 is 0 Å². The van der Waals surface area contributed by atoms with E-state index >= 15 is 0 Å². The molecule has 0 amide bonds.